The quantitative estimate of drug-likeness (QED) is 0.736. The minimum atomic E-state index is -0.291. The number of aromatic nitrogens is 3. The molecule has 0 saturated heterocycles. The van der Waals surface area contributed by atoms with Gasteiger partial charge in [-0.1, -0.05) is 36.5 Å². The molecule has 7 heteroatoms. The van der Waals surface area contributed by atoms with Crippen LogP contribution in [-0.4, -0.2) is 39.1 Å². The van der Waals surface area contributed by atoms with Crippen LogP contribution in [0.15, 0.2) is 36.5 Å². The highest BCUT2D eigenvalue weighted by Gasteiger charge is 2.19. The van der Waals surface area contributed by atoms with Crippen molar-refractivity contribution in [2.24, 2.45) is 0 Å². The van der Waals surface area contributed by atoms with E-state index in [2.05, 4.69) is 26.6 Å². The number of para-hydroxylation sites is 1. The van der Waals surface area contributed by atoms with Crippen LogP contribution < -0.4 is 5.32 Å². The smallest absolute Gasteiger partial charge is 0.243 e. The summed E-state index contributed by atoms with van der Waals surface area (Å²) in [5, 5.41) is 13.4. The van der Waals surface area contributed by atoms with Gasteiger partial charge in [-0.2, -0.15) is 0 Å². The second-order valence-corrected chi connectivity index (χ2v) is 7.03. The van der Waals surface area contributed by atoms with E-state index < -0.39 is 0 Å². The van der Waals surface area contributed by atoms with Gasteiger partial charge in [0.2, 0.25) is 11.0 Å². The van der Waals surface area contributed by atoms with Gasteiger partial charge < -0.3 is 0 Å². The first-order chi connectivity index (χ1) is 12.1. The summed E-state index contributed by atoms with van der Waals surface area (Å²) in [6.07, 6.45) is 2.68. The van der Waals surface area contributed by atoms with E-state index in [9.17, 15) is 4.79 Å². The molecule has 3 rings (SSSR count). The summed E-state index contributed by atoms with van der Waals surface area (Å²) in [5.41, 5.74) is 2.05. The fourth-order valence-corrected chi connectivity index (χ4v) is 3.17. The van der Waals surface area contributed by atoms with Gasteiger partial charge in [-0.25, -0.2) is 0 Å². The summed E-state index contributed by atoms with van der Waals surface area (Å²) in [5.74, 6) is -0.0879. The van der Waals surface area contributed by atoms with Crippen molar-refractivity contribution < 1.29 is 4.79 Å². The number of nitrogens with one attached hydrogen (secondary N) is 1. The first-order valence-electron chi connectivity index (χ1n) is 8.24. The number of nitrogens with zero attached hydrogens (tertiary/aromatic N) is 4. The third-order valence-corrected chi connectivity index (χ3v) is 5.10. The first kappa shape index (κ1) is 17.4. The van der Waals surface area contributed by atoms with E-state index in [0.717, 1.165) is 27.9 Å². The zero-order valence-electron chi connectivity index (χ0n) is 14.6. The van der Waals surface area contributed by atoms with Gasteiger partial charge in [-0.3, -0.25) is 20.0 Å². The van der Waals surface area contributed by atoms with Crippen LogP contribution in [0.25, 0.3) is 10.9 Å². The van der Waals surface area contributed by atoms with E-state index in [1.165, 1.54) is 11.3 Å². The lowest BCUT2D eigenvalue weighted by molar-refractivity contribution is -0.120. The monoisotopic (exact) mass is 355 g/mol. The highest BCUT2D eigenvalue weighted by molar-refractivity contribution is 7.15. The molecule has 0 aliphatic heterocycles. The lowest BCUT2D eigenvalue weighted by atomic mass is 10.1. The van der Waals surface area contributed by atoms with Crippen molar-refractivity contribution in [1.82, 2.24) is 20.1 Å². The molecule has 0 spiro atoms. The Kier molecular flexibility index (Phi) is 5.35. The van der Waals surface area contributed by atoms with Crippen LogP contribution in [0.5, 0.6) is 0 Å². The lowest BCUT2D eigenvalue weighted by Gasteiger charge is -2.23. The van der Waals surface area contributed by atoms with Gasteiger partial charge in [0, 0.05) is 18.1 Å². The van der Waals surface area contributed by atoms with Crippen molar-refractivity contribution in [3.8, 4) is 0 Å². The Labute approximate surface area is 150 Å². The van der Waals surface area contributed by atoms with Crippen molar-refractivity contribution in [3.63, 3.8) is 0 Å². The molecule has 1 N–H and O–H groups in total. The number of likely N-dealkylation sites (N-methyl/N-ethyl adjacent to an activating group) is 1. The predicted octanol–water partition coefficient (Wildman–Crippen LogP) is 3.11. The average Bonchev–Trinajstić information content (AvgIpc) is 3.08. The summed E-state index contributed by atoms with van der Waals surface area (Å²) in [4.78, 5) is 18.9. The van der Waals surface area contributed by atoms with E-state index in [0.29, 0.717) is 11.7 Å². The fraction of sp³-hybridized carbons (Fsp3) is 0.333. The molecule has 1 aromatic carbocycles. The summed E-state index contributed by atoms with van der Waals surface area (Å²) < 4.78 is 0. The van der Waals surface area contributed by atoms with Crippen LogP contribution >= 0.6 is 11.3 Å². The Balaban J connectivity index is 1.64. The summed E-state index contributed by atoms with van der Waals surface area (Å²) >= 11 is 1.41. The largest absolute Gasteiger partial charge is 0.299 e. The topological polar surface area (TPSA) is 71.0 Å². The highest BCUT2D eigenvalue weighted by Crippen LogP contribution is 2.17. The van der Waals surface area contributed by atoms with E-state index in [4.69, 9.17) is 0 Å². The normalized spacial score (nSPS) is 12.5. The van der Waals surface area contributed by atoms with Gasteiger partial charge in [0.1, 0.15) is 5.01 Å². The standard InChI is InChI=1S/C18H21N5OS/c1-4-16-21-22-18(25-16)20-17(24)12(2)23(3)11-13-9-14-7-5-6-8-15(14)19-10-13/h5-10,12H,4,11H2,1-3H3,(H,20,22,24)/t12-/m1/s1. The molecular formula is C18H21N5OS. The highest BCUT2D eigenvalue weighted by atomic mass is 32.1. The number of amides is 1. The minimum Gasteiger partial charge on any atom is -0.299 e. The molecule has 0 bridgehead atoms. The molecule has 0 aliphatic rings. The number of hydrogen-bond donors (Lipinski definition) is 1. The molecule has 3 aromatic rings. The molecule has 0 unspecified atom stereocenters. The first-order valence-corrected chi connectivity index (χ1v) is 9.05. The second-order valence-electron chi connectivity index (χ2n) is 5.97. The number of aryl methyl sites for hydroxylation is 1. The molecular weight excluding hydrogens is 334 g/mol. The Morgan fingerprint density at radius 1 is 1.32 bits per heavy atom. The number of rotatable bonds is 6. The Bertz CT molecular complexity index is 879. The van der Waals surface area contributed by atoms with Gasteiger partial charge in [0.15, 0.2) is 0 Å². The zero-order valence-corrected chi connectivity index (χ0v) is 15.4. The van der Waals surface area contributed by atoms with E-state index in [1.54, 1.807) is 0 Å². The van der Waals surface area contributed by atoms with Crippen molar-refractivity contribution in [2.45, 2.75) is 32.9 Å². The lowest BCUT2D eigenvalue weighted by Crippen LogP contribution is -2.39. The maximum Gasteiger partial charge on any atom is 0.243 e. The van der Waals surface area contributed by atoms with Crippen LogP contribution in [0, 0.1) is 0 Å². The van der Waals surface area contributed by atoms with Crippen molar-refractivity contribution >= 4 is 33.3 Å². The maximum atomic E-state index is 12.4. The number of pyridine rings is 1. The van der Waals surface area contributed by atoms with Crippen LogP contribution in [0.4, 0.5) is 5.13 Å². The van der Waals surface area contributed by atoms with Crippen LogP contribution in [0.1, 0.15) is 24.4 Å². The summed E-state index contributed by atoms with van der Waals surface area (Å²) in [6.45, 7) is 4.54. The van der Waals surface area contributed by atoms with E-state index >= 15 is 0 Å². The van der Waals surface area contributed by atoms with Crippen LogP contribution in [-0.2, 0) is 17.8 Å². The van der Waals surface area contributed by atoms with Crippen molar-refractivity contribution in [1.29, 1.82) is 0 Å². The average molecular weight is 355 g/mol. The van der Waals surface area contributed by atoms with Crippen molar-refractivity contribution in [2.75, 3.05) is 12.4 Å². The maximum absolute atomic E-state index is 12.4. The Hall–Kier alpha value is -2.38. The van der Waals surface area contributed by atoms with E-state index in [-0.39, 0.29) is 11.9 Å². The molecule has 1 atom stereocenters. The molecule has 25 heavy (non-hydrogen) atoms. The van der Waals surface area contributed by atoms with Gasteiger partial charge in [-0.15, -0.1) is 10.2 Å². The molecule has 0 radical (unpaired) electrons. The van der Waals surface area contributed by atoms with Gasteiger partial charge in [0.25, 0.3) is 0 Å². The fourth-order valence-electron chi connectivity index (χ4n) is 2.48. The minimum absolute atomic E-state index is 0.0879. The van der Waals surface area contributed by atoms with Crippen molar-refractivity contribution in [3.05, 3.63) is 47.1 Å². The van der Waals surface area contributed by atoms with Crippen LogP contribution in [0.2, 0.25) is 0 Å². The molecule has 2 heterocycles. The molecule has 6 nitrogen and oxygen atoms in total. The number of hydrogen-bond acceptors (Lipinski definition) is 6. The summed E-state index contributed by atoms with van der Waals surface area (Å²) in [7, 11) is 1.93. The van der Waals surface area contributed by atoms with Gasteiger partial charge in [-0.05, 0) is 38.1 Å². The molecule has 130 valence electrons. The molecule has 1 amide bonds. The predicted molar refractivity (Wildman–Crippen MR) is 101 cm³/mol. The zero-order chi connectivity index (χ0) is 17.8. The molecule has 0 aliphatic carbocycles. The Morgan fingerprint density at radius 3 is 2.88 bits per heavy atom. The molecule has 0 fully saturated rings. The van der Waals surface area contributed by atoms with E-state index in [1.807, 2.05) is 56.3 Å². The summed E-state index contributed by atoms with van der Waals surface area (Å²) in [6, 6.07) is 9.83. The van der Waals surface area contributed by atoms with Gasteiger partial charge in [0.05, 0.1) is 11.6 Å². The van der Waals surface area contributed by atoms with Gasteiger partial charge >= 0.3 is 0 Å². The number of fused-ring (bicyclic) bond motifs is 1. The number of carbonyl (C=O) groups is 1. The number of carbonyl (C=O) groups excluding carboxylic acids is 1. The third-order valence-electron chi connectivity index (χ3n) is 4.12. The van der Waals surface area contributed by atoms with Crippen LogP contribution in [0.3, 0.4) is 0 Å². The second kappa shape index (κ2) is 7.67. The third kappa shape index (κ3) is 4.18. The molecule has 2 aromatic heterocycles. The SMILES string of the molecule is CCc1nnc(NC(=O)[C@@H](C)N(C)Cc2cnc3ccccc3c2)s1. The Morgan fingerprint density at radius 2 is 2.12 bits per heavy atom. The molecule has 0 saturated carbocycles. The number of benzene rings is 1. The number of anilines is 1.